The van der Waals surface area contributed by atoms with Gasteiger partial charge in [-0.2, -0.15) is 0 Å². The number of carbonyl (C=O) groups excluding carboxylic acids is 2. The van der Waals surface area contributed by atoms with Gasteiger partial charge in [-0.25, -0.2) is 4.79 Å². The molecule has 6 heteroatoms. The van der Waals surface area contributed by atoms with Gasteiger partial charge < -0.3 is 14.5 Å². The number of benzene rings is 1. The van der Waals surface area contributed by atoms with E-state index < -0.39 is 5.97 Å². The Morgan fingerprint density at radius 1 is 1.33 bits per heavy atom. The first kappa shape index (κ1) is 15.1. The van der Waals surface area contributed by atoms with E-state index in [-0.39, 0.29) is 17.9 Å². The van der Waals surface area contributed by atoms with E-state index in [4.69, 9.17) is 16.0 Å². The summed E-state index contributed by atoms with van der Waals surface area (Å²) >= 11 is 5.89. The highest BCUT2D eigenvalue weighted by Crippen LogP contribution is 2.22. The first-order valence-electron chi connectivity index (χ1n) is 6.30. The summed E-state index contributed by atoms with van der Waals surface area (Å²) in [5, 5.41) is 3.08. The Labute approximate surface area is 126 Å². The molecule has 1 heterocycles. The van der Waals surface area contributed by atoms with Crippen molar-refractivity contribution in [1.29, 1.82) is 0 Å². The number of nitrogens with one attached hydrogen (secondary N) is 1. The van der Waals surface area contributed by atoms with Crippen molar-refractivity contribution in [3.05, 3.63) is 52.9 Å². The lowest BCUT2D eigenvalue weighted by atomic mass is 10.1. The van der Waals surface area contributed by atoms with Gasteiger partial charge in [-0.1, -0.05) is 11.6 Å². The lowest BCUT2D eigenvalue weighted by Gasteiger charge is -2.10. The first-order valence-corrected chi connectivity index (χ1v) is 6.68. The van der Waals surface area contributed by atoms with Crippen molar-refractivity contribution >= 4 is 29.2 Å². The number of methoxy groups -OCH3 is 1. The number of furan rings is 1. The van der Waals surface area contributed by atoms with Gasteiger partial charge in [0.15, 0.2) is 0 Å². The number of esters is 1. The quantitative estimate of drug-likeness (QED) is 0.861. The normalized spacial score (nSPS) is 10.2. The van der Waals surface area contributed by atoms with Crippen LogP contribution in [-0.4, -0.2) is 19.0 Å². The highest BCUT2D eigenvalue weighted by atomic mass is 35.5. The van der Waals surface area contributed by atoms with Crippen LogP contribution in [0.5, 0.6) is 0 Å². The fourth-order valence-electron chi connectivity index (χ4n) is 1.81. The maximum absolute atomic E-state index is 11.9. The van der Waals surface area contributed by atoms with Gasteiger partial charge in [-0.15, -0.1) is 0 Å². The average Bonchev–Trinajstić information content (AvgIpc) is 2.98. The predicted octanol–water partition coefficient (Wildman–Crippen LogP) is 3.29. The molecule has 0 saturated heterocycles. The maximum atomic E-state index is 11.9. The Morgan fingerprint density at radius 2 is 2.14 bits per heavy atom. The number of halogens is 1. The number of hydrogen-bond donors (Lipinski definition) is 1. The van der Waals surface area contributed by atoms with E-state index in [2.05, 4.69) is 10.1 Å². The second-order valence-electron chi connectivity index (χ2n) is 4.31. The highest BCUT2D eigenvalue weighted by Gasteiger charge is 2.14. The molecule has 0 fully saturated rings. The molecular weight excluding hydrogens is 294 g/mol. The molecule has 2 rings (SSSR count). The molecule has 0 aliphatic carbocycles. The standard InChI is InChI=1S/C15H14ClNO4/c1-20-15(19)12-6-4-10(16)9-13(12)17-14(18)7-5-11-3-2-8-21-11/h2-4,6,8-9H,5,7H2,1H3,(H,17,18). The maximum Gasteiger partial charge on any atom is 0.339 e. The lowest BCUT2D eigenvalue weighted by molar-refractivity contribution is -0.116. The number of anilines is 1. The minimum atomic E-state index is -0.534. The van der Waals surface area contributed by atoms with Crippen molar-refractivity contribution in [3.8, 4) is 0 Å². The third-order valence-electron chi connectivity index (χ3n) is 2.84. The second kappa shape index (κ2) is 6.95. The molecule has 0 saturated carbocycles. The van der Waals surface area contributed by atoms with Crippen LogP contribution in [0.1, 0.15) is 22.5 Å². The summed E-state index contributed by atoms with van der Waals surface area (Å²) in [6.07, 6.45) is 2.27. The van der Waals surface area contributed by atoms with Gasteiger partial charge in [0.2, 0.25) is 5.91 Å². The zero-order valence-electron chi connectivity index (χ0n) is 11.4. The Bertz CT molecular complexity index is 637. The van der Waals surface area contributed by atoms with E-state index in [1.165, 1.54) is 19.2 Å². The van der Waals surface area contributed by atoms with Crippen molar-refractivity contribution in [2.24, 2.45) is 0 Å². The van der Waals surface area contributed by atoms with Gasteiger partial charge in [-0.05, 0) is 30.3 Å². The second-order valence-corrected chi connectivity index (χ2v) is 4.75. The van der Waals surface area contributed by atoms with E-state index in [9.17, 15) is 9.59 Å². The third kappa shape index (κ3) is 4.10. The Kier molecular flexibility index (Phi) is 5.00. The molecule has 0 atom stereocenters. The number of aryl methyl sites for hydroxylation is 1. The predicted molar refractivity (Wildman–Crippen MR) is 78.5 cm³/mol. The van der Waals surface area contributed by atoms with Crippen molar-refractivity contribution in [2.45, 2.75) is 12.8 Å². The summed E-state index contributed by atoms with van der Waals surface area (Å²) in [4.78, 5) is 23.6. The fraction of sp³-hybridized carbons (Fsp3) is 0.200. The van der Waals surface area contributed by atoms with Crippen LogP contribution in [0.4, 0.5) is 5.69 Å². The largest absolute Gasteiger partial charge is 0.469 e. The Hall–Kier alpha value is -2.27. The first-order chi connectivity index (χ1) is 10.1. The summed E-state index contributed by atoms with van der Waals surface area (Å²) in [7, 11) is 1.28. The molecule has 0 bridgehead atoms. The van der Waals surface area contributed by atoms with Crippen LogP contribution in [0.25, 0.3) is 0 Å². The smallest absolute Gasteiger partial charge is 0.339 e. The van der Waals surface area contributed by atoms with Crippen molar-refractivity contribution < 1.29 is 18.7 Å². The number of amides is 1. The van der Waals surface area contributed by atoms with Gasteiger partial charge in [0.05, 0.1) is 24.6 Å². The Balaban J connectivity index is 2.05. The average molecular weight is 308 g/mol. The van der Waals surface area contributed by atoms with Crippen LogP contribution in [0, 0.1) is 0 Å². The fourth-order valence-corrected chi connectivity index (χ4v) is 1.98. The molecule has 0 spiro atoms. The van der Waals surface area contributed by atoms with Crippen molar-refractivity contribution in [3.63, 3.8) is 0 Å². The van der Waals surface area contributed by atoms with Crippen LogP contribution in [0.15, 0.2) is 41.0 Å². The van der Waals surface area contributed by atoms with E-state index >= 15 is 0 Å². The molecule has 5 nitrogen and oxygen atoms in total. The molecule has 1 N–H and O–H groups in total. The zero-order valence-corrected chi connectivity index (χ0v) is 12.1. The summed E-state index contributed by atoms with van der Waals surface area (Å²) < 4.78 is 9.83. The van der Waals surface area contributed by atoms with E-state index in [1.54, 1.807) is 24.5 Å². The van der Waals surface area contributed by atoms with E-state index in [0.29, 0.717) is 17.1 Å². The van der Waals surface area contributed by atoms with Gasteiger partial charge >= 0.3 is 5.97 Å². The summed E-state index contributed by atoms with van der Waals surface area (Å²) in [6, 6.07) is 8.15. The summed E-state index contributed by atoms with van der Waals surface area (Å²) in [5.41, 5.74) is 0.590. The SMILES string of the molecule is COC(=O)c1ccc(Cl)cc1NC(=O)CCc1ccco1. The molecule has 21 heavy (non-hydrogen) atoms. The molecule has 2 aromatic rings. The van der Waals surface area contributed by atoms with Crippen LogP contribution >= 0.6 is 11.6 Å². The van der Waals surface area contributed by atoms with Crippen LogP contribution in [0.2, 0.25) is 5.02 Å². The molecule has 0 unspecified atom stereocenters. The topological polar surface area (TPSA) is 68.5 Å². The molecule has 0 aliphatic heterocycles. The zero-order chi connectivity index (χ0) is 15.2. The summed E-state index contributed by atoms with van der Waals surface area (Å²) in [5.74, 6) is -0.0451. The van der Waals surface area contributed by atoms with Crippen molar-refractivity contribution in [1.82, 2.24) is 0 Å². The molecular formula is C15H14ClNO4. The minimum Gasteiger partial charge on any atom is -0.469 e. The van der Waals surface area contributed by atoms with Gasteiger partial charge in [0, 0.05) is 17.9 Å². The van der Waals surface area contributed by atoms with Crippen LogP contribution < -0.4 is 5.32 Å². The van der Waals surface area contributed by atoms with Gasteiger partial charge in [0.25, 0.3) is 0 Å². The van der Waals surface area contributed by atoms with E-state index in [0.717, 1.165) is 5.76 Å². The third-order valence-corrected chi connectivity index (χ3v) is 3.07. The highest BCUT2D eigenvalue weighted by molar-refractivity contribution is 6.31. The van der Waals surface area contributed by atoms with Gasteiger partial charge in [-0.3, -0.25) is 4.79 Å². The van der Waals surface area contributed by atoms with Crippen LogP contribution in [0.3, 0.4) is 0 Å². The summed E-state index contributed by atoms with van der Waals surface area (Å²) in [6.45, 7) is 0. The molecule has 1 aromatic heterocycles. The van der Waals surface area contributed by atoms with E-state index in [1.807, 2.05) is 0 Å². The number of ether oxygens (including phenoxy) is 1. The number of carbonyl (C=O) groups is 2. The van der Waals surface area contributed by atoms with Gasteiger partial charge in [0.1, 0.15) is 5.76 Å². The molecule has 0 radical (unpaired) electrons. The monoisotopic (exact) mass is 307 g/mol. The number of hydrogen-bond acceptors (Lipinski definition) is 4. The lowest BCUT2D eigenvalue weighted by Crippen LogP contribution is -2.15. The van der Waals surface area contributed by atoms with Crippen LogP contribution in [-0.2, 0) is 16.0 Å². The molecule has 1 aromatic carbocycles. The molecule has 0 aliphatic rings. The van der Waals surface area contributed by atoms with Crippen molar-refractivity contribution in [2.75, 3.05) is 12.4 Å². The number of rotatable bonds is 5. The minimum absolute atomic E-state index is 0.237. The Morgan fingerprint density at radius 3 is 2.81 bits per heavy atom. The molecule has 1 amide bonds. The molecule has 110 valence electrons.